The molecule has 0 aromatic heterocycles. The summed E-state index contributed by atoms with van der Waals surface area (Å²) in [5.74, 6) is -1.02. The first kappa shape index (κ1) is 12.1. The van der Waals surface area contributed by atoms with Crippen molar-refractivity contribution in [2.75, 3.05) is 23.3 Å². The number of amides is 1. The van der Waals surface area contributed by atoms with Crippen LogP contribution >= 0.6 is 15.9 Å². The summed E-state index contributed by atoms with van der Waals surface area (Å²) >= 11 is 3.45. The Morgan fingerprint density at radius 3 is 2.47 bits per heavy atom. The fourth-order valence-corrected chi connectivity index (χ4v) is 2.56. The Labute approximate surface area is 108 Å². The van der Waals surface area contributed by atoms with Crippen molar-refractivity contribution in [3.05, 3.63) is 22.2 Å². The molecule has 0 bridgehead atoms. The molecule has 1 aliphatic rings. The number of carbonyl (C=O) groups is 2. The van der Waals surface area contributed by atoms with Gasteiger partial charge >= 0.3 is 0 Å². The molecule has 2 rings (SSSR count). The second-order valence-electron chi connectivity index (χ2n) is 3.80. The lowest BCUT2D eigenvalue weighted by Crippen LogP contribution is -2.22. The first-order valence-corrected chi connectivity index (χ1v) is 6.32. The van der Waals surface area contributed by atoms with E-state index >= 15 is 0 Å². The molecule has 0 aliphatic carbocycles. The van der Waals surface area contributed by atoms with Crippen molar-refractivity contribution in [2.24, 2.45) is 0 Å². The zero-order valence-electron chi connectivity index (χ0n) is 9.71. The second-order valence-corrected chi connectivity index (χ2v) is 4.66. The van der Waals surface area contributed by atoms with E-state index in [9.17, 15) is 9.59 Å². The third kappa shape index (κ3) is 1.95. The van der Waals surface area contributed by atoms with E-state index in [1.807, 2.05) is 6.07 Å². The number of anilines is 2. The van der Waals surface area contributed by atoms with Crippen LogP contribution in [0.1, 0.15) is 24.2 Å². The predicted molar refractivity (Wildman–Crippen MR) is 70.7 cm³/mol. The van der Waals surface area contributed by atoms with E-state index < -0.39 is 11.7 Å². The SMILES string of the molecule is CCN(CC)c1cc2c(cc1Br)C(=O)C(=O)N2. The monoisotopic (exact) mass is 296 g/mol. The van der Waals surface area contributed by atoms with Crippen molar-refractivity contribution in [3.8, 4) is 0 Å². The fourth-order valence-electron chi connectivity index (χ4n) is 1.96. The number of nitrogens with zero attached hydrogens (tertiary/aromatic N) is 1. The molecule has 0 fully saturated rings. The van der Waals surface area contributed by atoms with Crippen LogP contribution < -0.4 is 10.2 Å². The van der Waals surface area contributed by atoms with E-state index in [1.165, 1.54) is 0 Å². The Morgan fingerprint density at radius 2 is 1.88 bits per heavy atom. The van der Waals surface area contributed by atoms with E-state index in [4.69, 9.17) is 0 Å². The van der Waals surface area contributed by atoms with E-state index in [0.717, 1.165) is 23.2 Å². The van der Waals surface area contributed by atoms with Crippen LogP contribution in [0.3, 0.4) is 0 Å². The maximum absolute atomic E-state index is 11.5. The first-order valence-electron chi connectivity index (χ1n) is 5.52. The van der Waals surface area contributed by atoms with Crippen LogP contribution in [0.2, 0.25) is 0 Å². The molecule has 1 amide bonds. The van der Waals surface area contributed by atoms with Crippen molar-refractivity contribution in [1.29, 1.82) is 0 Å². The van der Waals surface area contributed by atoms with Crippen molar-refractivity contribution in [3.63, 3.8) is 0 Å². The van der Waals surface area contributed by atoms with Crippen LogP contribution in [0.25, 0.3) is 0 Å². The minimum Gasteiger partial charge on any atom is -0.371 e. The van der Waals surface area contributed by atoms with Crippen LogP contribution in [0, 0.1) is 0 Å². The van der Waals surface area contributed by atoms with Gasteiger partial charge in [-0.05, 0) is 41.9 Å². The molecule has 5 heteroatoms. The summed E-state index contributed by atoms with van der Waals surface area (Å²) in [6, 6.07) is 3.55. The summed E-state index contributed by atoms with van der Waals surface area (Å²) < 4.78 is 0.838. The maximum Gasteiger partial charge on any atom is 0.296 e. The van der Waals surface area contributed by atoms with Gasteiger partial charge in [-0.15, -0.1) is 0 Å². The van der Waals surface area contributed by atoms with Gasteiger partial charge in [0.2, 0.25) is 0 Å². The van der Waals surface area contributed by atoms with Gasteiger partial charge < -0.3 is 10.2 Å². The lowest BCUT2D eigenvalue weighted by molar-refractivity contribution is -0.112. The highest BCUT2D eigenvalue weighted by molar-refractivity contribution is 9.10. The molecule has 4 nitrogen and oxygen atoms in total. The third-order valence-corrected chi connectivity index (χ3v) is 3.53. The minimum atomic E-state index is -0.552. The molecule has 0 radical (unpaired) electrons. The molecule has 0 saturated heterocycles. The van der Waals surface area contributed by atoms with Gasteiger partial charge in [-0.1, -0.05) is 0 Å². The van der Waals surface area contributed by atoms with Crippen molar-refractivity contribution >= 4 is 39.0 Å². The fraction of sp³-hybridized carbons (Fsp3) is 0.333. The zero-order chi connectivity index (χ0) is 12.6. The van der Waals surface area contributed by atoms with Crippen molar-refractivity contribution < 1.29 is 9.59 Å². The molecule has 0 spiro atoms. The van der Waals surface area contributed by atoms with E-state index in [1.54, 1.807) is 6.07 Å². The van der Waals surface area contributed by atoms with Crippen molar-refractivity contribution in [1.82, 2.24) is 0 Å². The first-order chi connectivity index (χ1) is 8.08. The van der Waals surface area contributed by atoms with Gasteiger partial charge in [-0.2, -0.15) is 0 Å². The Kier molecular flexibility index (Phi) is 3.19. The Bertz CT molecular complexity index is 496. The summed E-state index contributed by atoms with van der Waals surface area (Å²) in [5, 5.41) is 2.58. The van der Waals surface area contributed by atoms with Gasteiger partial charge in [-0.25, -0.2) is 0 Å². The predicted octanol–water partition coefficient (Wildman–Crippen LogP) is 2.43. The summed E-state index contributed by atoms with van der Waals surface area (Å²) in [6.45, 7) is 5.87. The largest absolute Gasteiger partial charge is 0.371 e. The maximum atomic E-state index is 11.5. The van der Waals surface area contributed by atoms with Crippen LogP contribution in [0.5, 0.6) is 0 Å². The van der Waals surface area contributed by atoms with Gasteiger partial charge in [0, 0.05) is 17.6 Å². The average molecular weight is 297 g/mol. The van der Waals surface area contributed by atoms with E-state index in [0.29, 0.717) is 11.3 Å². The Morgan fingerprint density at radius 1 is 1.24 bits per heavy atom. The summed E-state index contributed by atoms with van der Waals surface area (Å²) in [5.41, 5.74) is 2.03. The molecule has 1 aliphatic heterocycles. The van der Waals surface area contributed by atoms with Gasteiger partial charge in [0.05, 0.1) is 16.9 Å². The number of Topliss-reactive ketones (excluding diaryl/α,β-unsaturated/α-hetero) is 1. The molecule has 1 N–H and O–H groups in total. The van der Waals surface area contributed by atoms with Gasteiger partial charge in [0.25, 0.3) is 11.7 Å². The topological polar surface area (TPSA) is 49.4 Å². The number of carbonyl (C=O) groups excluding carboxylic acids is 2. The highest BCUT2D eigenvalue weighted by atomic mass is 79.9. The molecular formula is C12H13BrN2O2. The smallest absolute Gasteiger partial charge is 0.296 e. The highest BCUT2D eigenvalue weighted by Crippen LogP contribution is 2.35. The highest BCUT2D eigenvalue weighted by Gasteiger charge is 2.29. The number of halogens is 1. The van der Waals surface area contributed by atoms with Gasteiger partial charge in [0.1, 0.15) is 0 Å². The van der Waals surface area contributed by atoms with E-state index in [2.05, 4.69) is 40.0 Å². The molecule has 1 heterocycles. The summed E-state index contributed by atoms with van der Waals surface area (Å²) in [6.07, 6.45) is 0. The van der Waals surface area contributed by atoms with E-state index in [-0.39, 0.29) is 0 Å². The molecule has 90 valence electrons. The zero-order valence-corrected chi connectivity index (χ0v) is 11.3. The number of ketones is 1. The molecule has 1 aromatic carbocycles. The summed E-state index contributed by atoms with van der Waals surface area (Å²) in [7, 11) is 0. The average Bonchev–Trinajstić information content (AvgIpc) is 2.58. The van der Waals surface area contributed by atoms with Crippen LogP contribution in [0.15, 0.2) is 16.6 Å². The minimum absolute atomic E-state index is 0.442. The lowest BCUT2D eigenvalue weighted by Gasteiger charge is -2.23. The molecule has 0 unspecified atom stereocenters. The van der Waals surface area contributed by atoms with Gasteiger partial charge in [0.15, 0.2) is 0 Å². The molecule has 17 heavy (non-hydrogen) atoms. The lowest BCUT2D eigenvalue weighted by atomic mass is 10.1. The molecule has 0 saturated carbocycles. The summed E-state index contributed by atoms with van der Waals surface area (Å²) in [4.78, 5) is 24.9. The normalized spacial score (nSPS) is 13.6. The molecule has 0 atom stereocenters. The number of hydrogen-bond acceptors (Lipinski definition) is 3. The van der Waals surface area contributed by atoms with Crippen LogP contribution in [-0.4, -0.2) is 24.8 Å². The quantitative estimate of drug-likeness (QED) is 0.872. The number of nitrogens with one attached hydrogen (secondary N) is 1. The third-order valence-electron chi connectivity index (χ3n) is 2.89. The van der Waals surface area contributed by atoms with Crippen LogP contribution in [0.4, 0.5) is 11.4 Å². The standard InChI is InChI=1S/C12H13BrN2O2/c1-3-15(4-2)10-6-9-7(5-8(10)13)11(16)12(17)14-9/h5-6H,3-4H2,1-2H3,(H,14,16,17). The Balaban J connectivity index is 2.50. The Hall–Kier alpha value is -1.36. The molecular weight excluding hydrogens is 284 g/mol. The number of benzene rings is 1. The second kappa shape index (κ2) is 4.49. The number of rotatable bonds is 3. The van der Waals surface area contributed by atoms with Crippen LogP contribution in [-0.2, 0) is 4.79 Å². The van der Waals surface area contributed by atoms with Crippen molar-refractivity contribution in [2.45, 2.75) is 13.8 Å². The molecule has 1 aromatic rings. The number of hydrogen-bond donors (Lipinski definition) is 1. The van der Waals surface area contributed by atoms with Gasteiger partial charge in [-0.3, -0.25) is 9.59 Å². The number of fused-ring (bicyclic) bond motifs is 1.